The van der Waals surface area contributed by atoms with Crippen LogP contribution >= 0.6 is 0 Å². The first-order valence-electron chi connectivity index (χ1n) is 2.27. The average Bonchev–Trinajstić information content (AvgIpc) is 1.87. The predicted octanol–water partition coefficient (Wildman–Crippen LogP) is -1.02. The molecule has 7 heavy (non-hydrogen) atoms. The molecule has 1 aromatic heterocycles. The van der Waals surface area contributed by atoms with Gasteiger partial charge in [0.05, 0.1) is 0 Å². The van der Waals surface area contributed by atoms with Gasteiger partial charge in [0.2, 0.25) is 0 Å². The van der Waals surface area contributed by atoms with E-state index in [0.29, 0.717) is 0 Å². The smallest absolute Gasteiger partial charge is 0.162 e. The summed E-state index contributed by atoms with van der Waals surface area (Å²) in [6, 6.07) is 0. The second-order valence-corrected chi connectivity index (χ2v) is 1.65. The van der Waals surface area contributed by atoms with Crippen molar-refractivity contribution in [2.45, 2.75) is 6.92 Å². The lowest BCUT2D eigenvalue weighted by Crippen LogP contribution is -2.00. The average molecular weight is 93.9 g/mol. The maximum atomic E-state index is 3.96. The Morgan fingerprint density at radius 1 is 1.86 bits per heavy atom. The number of aromatic nitrogens is 2. The first kappa shape index (κ1) is 4.43. The normalized spacial score (nSPS) is 9.29. The van der Waals surface area contributed by atoms with Crippen LogP contribution in [0.1, 0.15) is 5.82 Å². The summed E-state index contributed by atoms with van der Waals surface area (Å²) in [5.41, 5.74) is 1.12. The Morgan fingerprint density at radius 2 is 2.57 bits per heavy atom. The van der Waals surface area contributed by atoms with Gasteiger partial charge in [0, 0.05) is 6.20 Å². The molecular formula is C4H7BN2. The summed E-state index contributed by atoms with van der Waals surface area (Å²) in [5, 5.41) is 0. The fourth-order valence-corrected chi connectivity index (χ4v) is 0.544. The number of aromatic amines is 1. The second-order valence-electron chi connectivity index (χ2n) is 1.65. The van der Waals surface area contributed by atoms with E-state index in [4.69, 9.17) is 0 Å². The van der Waals surface area contributed by atoms with Crippen molar-refractivity contribution >= 4 is 13.4 Å². The van der Waals surface area contributed by atoms with Gasteiger partial charge >= 0.3 is 0 Å². The Kier molecular flexibility index (Phi) is 0.892. The van der Waals surface area contributed by atoms with Crippen LogP contribution < -0.4 is 5.59 Å². The summed E-state index contributed by atoms with van der Waals surface area (Å²) in [6.07, 6.45) is 1.81. The van der Waals surface area contributed by atoms with Crippen molar-refractivity contribution in [2.75, 3.05) is 0 Å². The minimum Gasteiger partial charge on any atom is -0.355 e. The van der Waals surface area contributed by atoms with Crippen molar-refractivity contribution in [3.8, 4) is 0 Å². The van der Waals surface area contributed by atoms with Crippen LogP contribution in [0.25, 0.3) is 0 Å². The van der Waals surface area contributed by atoms with Crippen molar-refractivity contribution in [2.24, 2.45) is 0 Å². The van der Waals surface area contributed by atoms with E-state index in [-0.39, 0.29) is 0 Å². The van der Waals surface area contributed by atoms with E-state index in [0.717, 1.165) is 11.4 Å². The number of hydrogen-bond acceptors (Lipinski definition) is 1. The van der Waals surface area contributed by atoms with Crippen molar-refractivity contribution in [1.29, 1.82) is 0 Å². The number of nitrogens with zero attached hydrogens (tertiary/aromatic N) is 1. The molecule has 0 amide bonds. The summed E-state index contributed by atoms with van der Waals surface area (Å²) in [7, 11) is 1.99. The number of nitrogens with one attached hydrogen (secondary N) is 1. The van der Waals surface area contributed by atoms with E-state index in [1.165, 1.54) is 0 Å². The standard InChI is InChI=1S/C4H7BN2/c1-3-6-2-4(5)7-3/h2H,5H2,1H3,(H,6,7). The molecule has 36 valence electrons. The minimum atomic E-state index is 0.984. The molecular weight excluding hydrogens is 86.9 g/mol. The Bertz CT molecular complexity index is 142. The Balaban J connectivity index is 3.04. The van der Waals surface area contributed by atoms with E-state index >= 15 is 0 Å². The molecule has 0 aliphatic carbocycles. The molecule has 3 heteroatoms. The van der Waals surface area contributed by atoms with E-state index in [1.807, 2.05) is 21.0 Å². The van der Waals surface area contributed by atoms with E-state index in [2.05, 4.69) is 9.97 Å². The second kappa shape index (κ2) is 1.41. The number of hydrogen-bond donors (Lipinski definition) is 1. The summed E-state index contributed by atoms with van der Waals surface area (Å²) < 4.78 is 0. The van der Waals surface area contributed by atoms with E-state index < -0.39 is 0 Å². The number of H-pyrrole nitrogens is 1. The van der Waals surface area contributed by atoms with Gasteiger partial charge in [0.15, 0.2) is 7.85 Å². The molecule has 0 saturated carbocycles. The van der Waals surface area contributed by atoms with Crippen molar-refractivity contribution in [3.05, 3.63) is 12.0 Å². The lowest BCUT2D eigenvalue weighted by atomic mass is 10.1. The van der Waals surface area contributed by atoms with E-state index in [9.17, 15) is 0 Å². The Hall–Kier alpha value is -0.725. The van der Waals surface area contributed by atoms with Crippen molar-refractivity contribution in [3.63, 3.8) is 0 Å². The summed E-state index contributed by atoms with van der Waals surface area (Å²) in [4.78, 5) is 6.99. The first-order chi connectivity index (χ1) is 3.29. The van der Waals surface area contributed by atoms with Gasteiger partial charge < -0.3 is 4.98 Å². The molecule has 0 saturated heterocycles. The molecule has 0 spiro atoms. The molecule has 0 unspecified atom stereocenters. The quantitative estimate of drug-likeness (QED) is 0.409. The van der Waals surface area contributed by atoms with Crippen LogP contribution in [0.5, 0.6) is 0 Å². The summed E-state index contributed by atoms with van der Waals surface area (Å²) >= 11 is 0. The van der Waals surface area contributed by atoms with Gasteiger partial charge in [-0.2, -0.15) is 0 Å². The molecule has 2 nitrogen and oxygen atoms in total. The zero-order chi connectivity index (χ0) is 5.28. The van der Waals surface area contributed by atoms with Gasteiger partial charge in [-0.25, -0.2) is 4.98 Å². The lowest BCUT2D eigenvalue weighted by molar-refractivity contribution is 1.16. The van der Waals surface area contributed by atoms with Crippen LogP contribution in [-0.2, 0) is 0 Å². The molecule has 0 radical (unpaired) electrons. The van der Waals surface area contributed by atoms with Gasteiger partial charge in [0.1, 0.15) is 5.82 Å². The van der Waals surface area contributed by atoms with Crippen LogP contribution in [0.3, 0.4) is 0 Å². The fourth-order valence-electron chi connectivity index (χ4n) is 0.544. The third-order valence-electron chi connectivity index (χ3n) is 0.830. The molecule has 1 aromatic rings. The topological polar surface area (TPSA) is 28.7 Å². The third kappa shape index (κ3) is 0.826. The zero-order valence-corrected chi connectivity index (χ0v) is 4.52. The Labute approximate surface area is 43.4 Å². The maximum absolute atomic E-state index is 3.96. The molecule has 0 atom stereocenters. The molecule has 0 aromatic carbocycles. The van der Waals surface area contributed by atoms with Gasteiger partial charge in [-0.3, -0.25) is 0 Å². The largest absolute Gasteiger partial charge is 0.355 e. The third-order valence-corrected chi connectivity index (χ3v) is 0.830. The lowest BCUT2D eigenvalue weighted by Gasteiger charge is -1.74. The predicted molar refractivity (Wildman–Crippen MR) is 31.5 cm³/mol. The van der Waals surface area contributed by atoms with Crippen LogP contribution in [0.15, 0.2) is 6.20 Å². The maximum Gasteiger partial charge on any atom is 0.162 e. The van der Waals surface area contributed by atoms with Crippen molar-refractivity contribution in [1.82, 2.24) is 9.97 Å². The van der Waals surface area contributed by atoms with Gasteiger partial charge in [-0.1, -0.05) is 0 Å². The van der Waals surface area contributed by atoms with Crippen molar-refractivity contribution < 1.29 is 0 Å². The molecule has 0 aliphatic heterocycles. The Morgan fingerprint density at radius 3 is 2.71 bits per heavy atom. The minimum absolute atomic E-state index is 0.984. The molecule has 1 N–H and O–H groups in total. The SMILES string of the molecule is Bc1cnc(C)[nH]1. The van der Waals surface area contributed by atoms with Gasteiger partial charge in [-0.15, -0.1) is 0 Å². The molecule has 1 heterocycles. The molecule has 0 bridgehead atoms. The monoisotopic (exact) mass is 94.1 g/mol. The van der Waals surface area contributed by atoms with E-state index in [1.54, 1.807) is 0 Å². The van der Waals surface area contributed by atoms with Crippen LogP contribution in [0, 0.1) is 6.92 Å². The summed E-state index contributed by atoms with van der Waals surface area (Å²) in [5.74, 6) is 0.984. The highest BCUT2D eigenvalue weighted by Gasteiger charge is 1.83. The van der Waals surface area contributed by atoms with Crippen LogP contribution in [0.4, 0.5) is 0 Å². The molecule has 0 fully saturated rings. The van der Waals surface area contributed by atoms with Gasteiger partial charge in [-0.05, 0) is 12.5 Å². The van der Waals surface area contributed by atoms with Crippen LogP contribution in [-0.4, -0.2) is 17.8 Å². The highest BCUT2D eigenvalue weighted by Crippen LogP contribution is 1.75. The highest BCUT2D eigenvalue weighted by atomic mass is 14.9. The van der Waals surface area contributed by atoms with Crippen LogP contribution in [0.2, 0.25) is 0 Å². The van der Waals surface area contributed by atoms with Gasteiger partial charge in [0.25, 0.3) is 0 Å². The highest BCUT2D eigenvalue weighted by molar-refractivity contribution is 6.30. The number of rotatable bonds is 0. The molecule has 1 rings (SSSR count). The number of imidazole rings is 1. The first-order valence-corrected chi connectivity index (χ1v) is 2.27. The fraction of sp³-hybridized carbons (Fsp3) is 0.250. The summed E-state index contributed by atoms with van der Waals surface area (Å²) in [6.45, 7) is 1.94. The number of aryl methyl sites for hydroxylation is 1. The molecule has 0 aliphatic rings. The zero-order valence-electron chi connectivity index (χ0n) is 4.52.